The van der Waals surface area contributed by atoms with Crippen LogP contribution >= 0.6 is 0 Å². The number of ether oxygens (including phenoxy) is 1. The number of unbranched alkanes of at least 4 members (excludes halogenated alkanes) is 1. The zero-order valence-corrected chi connectivity index (χ0v) is 14.6. The van der Waals surface area contributed by atoms with Crippen molar-refractivity contribution in [1.82, 2.24) is 5.32 Å². The van der Waals surface area contributed by atoms with E-state index in [1.807, 2.05) is 6.08 Å². The Kier molecular flexibility index (Phi) is 7.91. The predicted octanol–water partition coefficient (Wildman–Crippen LogP) is 4.29. The average molecular weight is 367 g/mol. The van der Waals surface area contributed by atoms with Gasteiger partial charge < -0.3 is 10.1 Å². The quantitative estimate of drug-likeness (QED) is 0.423. The number of carbonyl (C=O) groups is 1. The number of halogens is 3. The maximum absolute atomic E-state index is 12.6. The van der Waals surface area contributed by atoms with Gasteiger partial charge in [-0.1, -0.05) is 36.4 Å². The first kappa shape index (κ1) is 20.2. The second-order valence-electron chi connectivity index (χ2n) is 6.35. The molecule has 1 unspecified atom stereocenters. The minimum atomic E-state index is -4.30. The number of hydrogen-bond acceptors (Lipinski definition) is 2. The summed E-state index contributed by atoms with van der Waals surface area (Å²) in [5.41, 5.74) is 0.0719. The van der Waals surface area contributed by atoms with E-state index >= 15 is 0 Å². The highest BCUT2D eigenvalue weighted by Gasteiger charge is 2.30. The molecule has 0 spiro atoms. The van der Waals surface area contributed by atoms with Crippen LogP contribution in [0.2, 0.25) is 0 Å². The van der Waals surface area contributed by atoms with Crippen molar-refractivity contribution in [2.24, 2.45) is 5.92 Å². The van der Waals surface area contributed by atoms with Gasteiger partial charge in [-0.25, -0.2) is 0 Å². The maximum Gasteiger partial charge on any atom is 0.416 e. The third-order valence-corrected chi connectivity index (χ3v) is 4.17. The molecule has 26 heavy (non-hydrogen) atoms. The minimum Gasteiger partial charge on any atom is -0.381 e. The van der Waals surface area contributed by atoms with Gasteiger partial charge in [-0.2, -0.15) is 13.2 Å². The molecule has 1 N–H and O–H groups in total. The number of hydrogen-bond donors (Lipinski definition) is 1. The first-order valence-corrected chi connectivity index (χ1v) is 8.80. The number of benzene rings is 1. The highest BCUT2D eigenvalue weighted by molar-refractivity contribution is 5.87. The maximum atomic E-state index is 12.6. The largest absolute Gasteiger partial charge is 0.416 e. The van der Waals surface area contributed by atoms with E-state index in [9.17, 15) is 18.0 Å². The molecule has 1 aromatic rings. The van der Waals surface area contributed by atoms with Crippen molar-refractivity contribution in [3.05, 3.63) is 59.7 Å². The van der Waals surface area contributed by atoms with E-state index in [-0.39, 0.29) is 5.91 Å². The van der Waals surface area contributed by atoms with Crippen molar-refractivity contribution in [2.45, 2.75) is 31.9 Å². The molecule has 1 aromatic carbocycles. The van der Waals surface area contributed by atoms with Gasteiger partial charge in [-0.15, -0.1) is 0 Å². The van der Waals surface area contributed by atoms with E-state index in [1.165, 1.54) is 18.2 Å². The Morgan fingerprint density at radius 1 is 1.31 bits per heavy atom. The Morgan fingerprint density at radius 3 is 2.88 bits per heavy atom. The van der Waals surface area contributed by atoms with Crippen LogP contribution in [0.3, 0.4) is 0 Å². The summed E-state index contributed by atoms with van der Waals surface area (Å²) in [6.07, 6.45) is 5.58. The van der Waals surface area contributed by atoms with Crippen LogP contribution in [0.25, 0.3) is 0 Å². The average Bonchev–Trinajstić information content (AvgIpc) is 3.12. The summed E-state index contributed by atoms with van der Waals surface area (Å²) in [4.78, 5) is 11.6. The molecular formula is C20H24F3NO2. The van der Waals surface area contributed by atoms with Crippen LogP contribution in [0.4, 0.5) is 13.2 Å². The molecule has 1 aliphatic heterocycles. The van der Waals surface area contributed by atoms with Crippen LogP contribution in [0, 0.1) is 5.92 Å². The monoisotopic (exact) mass is 367 g/mol. The summed E-state index contributed by atoms with van der Waals surface area (Å²) >= 11 is 0. The molecule has 2 rings (SSSR count). The van der Waals surface area contributed by atoms with E-state index in [0.717, 1.165) is 31.9 Å². The molecule has 1 aliphatic rings. The van der Waals surface area contributed by atoms with Crippen LogP contribution in [-0.2, 0) is 22.1 Å². The molecule has 0 bridgehead atoms. The van der Waals surface area contributed by atoms with Crippen molar-refractivity contribution in [3.63, 3.8) is 0 Å². The second-order valence-corrected chi connectivity index (χ2v) is 6.35. The minimum absolute atomic E-state index is 0.134. The molecule has 1 amide bonds. The molecule has 1 fully saturated rings. The van der Waals surface area contributed by atoms with Gasteiger partial charge in [0.1, 0.15) is 0 Å². The highest BCUT2D eigenvalue weighted by Crippen LogP contribution is 2.29. The molecule has 1 atom stereocenters. The third-order valence-electron chi connectivity index (χ3n) is 4.17. The molecule has 142 valence electrons. The third kappa shape index (κ3) is 7.44. The Hall–Kier alpha value is -2.08. The summed E-state index contributed by atoms with van der Waals surface area (Å²) < 4.78 is 43.2. The number of rotatable bonds is 8. The molecular weight excluding hydrogens is 343 g/mol. The van der Waals surface area contributed by atoms with Crippen LogP contribution in [0.1, 0.15) is 30.4 Å². The van der Waals surface area contributed by atoms with E-state index in [4.69, 9.17) is 4.74 Å². The van der Waals surface area contributed by atoms with Crippen molar-refractivity contribution in [3.8, 4) is 0 Å². The number of aryl methyl sites for hydroxylation is 1. The zero-order chi connectivity index (χ0) is 18.8. The Balaban J connectivity index is 1.62. The Morgan fingerprint density at radius 2 is 2.15 bits per heavy atom. The fraction of sp³-hybridized carbons (Fsp3) is 0.450. The van der Waals surface area contributed by atoms with E-state index in [2.05, 4.69) is 5.32 Å². The molecule has 0 aromatic heterocycles. The van der Waals surface area contributed by atoms with Gasteiger partial charge in [0.15, 0.2) is 0 Å². The van der Waals surface area contributed by atoms with Gasteiger partial charge >= 0.3 is 6.18 Å². The molecule has 1 saturated heterocycles. The Labute approximate surface area is 151 Å². The molecule has 6 heteroatoms. The standard InChI is InChI=1S/C20H24F3NO2/c21-20(22,23)18-9-6-8-16(13-18)7-4-2-1-3-5-10-19(25)24-14-17-11-12-26-15-17/h1,3,5-6,8-10,13,17H,2,4,7,11-12,14-15H2,(H,24,25). The SMILES string of the molecule is O=C(C=CC=CCCCc1cccc(C(F)(F)F)c1)NCC1CCOC1. The van der Waals surface area contributed by atoms with Crippen LogP contribution in [0.5, 0.6) is 0 Å². The lowest BCUT2D eigenvalue weighted by Gasteiger charge is -2.08. The van der Waals surface area contributed by atoms with Crippen molar-refractivity contribution < 1.29 is 22.7 Å². The number of alkyl halides is 3. The van der Waals surface area contributed by atoms with Gasteiger partial charge in [0, 0.05) is 25.1 Å². The molecule has 0 radical (unpaired) electrons. The van der Waals surface area contributed by atoms with Gasteiger partial charge in [-0.3, -0.25) is 4.79 Å². The highest BCUT2D eigenvalue weighted by atomic mass is 19.4. The molecule has 0 aliphatic carbocycles. The molecule has 3 nitrogen and oxygen atoms in total. The normalized spacial score (nSPS) is 18.0. The lowest BCUT2D eigenvalue weighted by molar-refractivity contribution is -0.137. The topological polar surface area (TPSA) is 38.3 Å². The van der Waals surface area contributed by atoms with Gasteiger partial charge in [0.05, 0.1) is 12.2 Å². The molecule has 1 heterocycles. The predicted molar refractivity (Wildman–Crippen MR) is 94.6 cm³/mol. The number of allylic oxidation sites excluding steroid dienone is 3. The van der Waals surface area contributed by atoms with E-state index < -0.39 is 11.7 Å². The van der Waals surface area contributed by atoms with Crippen LogP contribution in [0.15, 0.2) is 48.6 Å². The van der Waals surface area contributed by atoms with E-state index in [0.29, 0.717) is 31.1 Å². The summed E-state index contributed by atoms with van der Waals surface area (Å²) in [7, 11) is 0. The fourth-order valence-corrected chi connectivity index (χ4v) is 2.69. The van der Waals surface area contributed by atoms with Gasteiger partial charge in [-0.05, 0) is 37.3 Å². The number of nitrogens with one attached hydrogen (secondary N) is 1. The summed E-state index contributed by atoms with van der Waals surface area (Å²) in [6, 6.07) is 5.42. The lowest BCUT2D eigenvalue weighted by Crippen LogP contribution is -2.27. The smallest absolute Gasteiger partial charge is 0.381 e. The summed E-state index contributed by atoms with van der Waals surface area (Å²) in [5, 5.41) is 2.83. The second kappa shape index (κ2) is 10.2. The summed E-state index contributed by atoms with van der Waals surface area (Å²) in [6.45, 7) is 2.10. The number of carbonyl (C=O) groups excluding carboxylic acids is 1. The van der Waals surface area contributed by atoms with Crippen molar-refractivity contribution in [1.29, 1.82) is 0 Å². The van der Waals surface area contributed by atoms with Gasteiger partial charge in [0.2, 0.25) is 5.91 Å². The van der Waals surface area contributed by atoms with Crippen molar-refractivity contribution in [2.75, 3.05) is 19.8 Å². The molecule has 0 saturated carbocycles. The lowest BCUT2D eigenvalue weighted by atomic mass is 10.0. The van der Waals surface area contributed by atoms with E-state index in [1.54, 1.807) is 18.2 Å². The van der Waals surface area contributed by atoms with Crippen LogP contribution < -0.4 is 5.32 Å². The zero-order valence-electron chi connectivity index (χ0n) is 14.6. The van der Waals surface area contributed by atoms with Crippen LogP contribution in [-0.4, -0.2) is 25.7 Å². The number of amides is 1. The van der Waals surface area contributed by atoms with Gasteiger partial charge in [0.25, 0.3) is 0 Å². The summed E-state index contributed by atoms with van der Waals surface area (Å²) in [5.74, 6) is 0.268. The van der Waals surface area contributed by atoms with Crippen molar-refractivity contribution >= 4 is 5.91 Å². The fourth-order valence-electron chi connectivity index (χ4n) is 2.69. The first-order valence-electron chi connectivity index (χ1n) is 8.80. The Bertz CT molecular complexity index is 632. The first-order chi connectivity index (χ1) is 12.4.